The SMILES string of the molecule is C=C(C)C(=O)O.C=C(C)C(=O)Oc1ccc(-c2ccc(OC(=O)C(=C)C)c3c2CCC3OC(=O)C(=C)C)cc1.COc1ccc(-c2ccc(OC)c3c2CCC3O)cc1.Oc1ccc(-c2ccc(O)c3c2CCC3O)cc1.[2H]C#C. The number of fused-ring (bicyclic) bond motifs is 3. The van der Waals surface area contributed by atoms with Crippen LogP contribution in [0.4, 0.5) is 0 Å². The van der Waals surface area contributed by atoms with Crippen LogP contribution in [0.3, 0.4) is 0 Å². The maximum atomic E-state index is 12.2. The normalized spacial score (nSPS) is 14.9. The number of terminal acetylenes is 1. The topological polar surface area (TPSA) is 216 Å². The van der Waals surface area contributed by atoms with Gasteiger partial charge in [0.05, 0.1) is 26.4 Å². The summed E-state index contributed by atoms with van der Waals surface area (Å²) in [7, 11) is 3.31. The van der Waals surface area contributed by atoms with Crippen molar-refractivity contribution in [1.82, 2.24) is 0 Å². The van der Waals surface area contributed by atoms with Crippen LogP contribution in [0.25, 0.3) is 33.4 Å². The van der Waals surface area contributed by atoms with Crippen molar-refractivity contribution >= 4 is 23.9 Å². The lowest BCUT2D eigenvalue weighted by Crippen LogP contribution is -2.14. The van der Waals surface area contributed by atoms with E-state index in [0.717, 1.165) is 75.3 Å². The number of phenolic OH excluding ortho intramolecular Hbond substituents is 2. The van der Waals surface area contributed by atoms with Crippen molar-refractivity contribution < 1.29 is 69.8 Å². The second kappa shape index (κ2) is 27.8. The minimum absolute atomic E-state index is 0.164. The van der Waals surface area contributed by atoms with E-state index in [0.29, 0.717) is 53.0 Å². The molecule has 0 aliphatic heterocycles. The number of carbonyl (C=O) groups excluding carboxylic acids is 3. The van der Waals surface area contributed by atoms with E-state index >= 15 is 0 Å². The molecule has 0 amide bonds. The zero-order valence-electron chi connectivity index (χ0n) is 46.2. The summed E-state index contributed by atoms with van der Waals surface area (Å²) in [6.45, 7) is 20.2. The van der Waals surface area contributed by atoms with Gasteiger partial charge in [-0.25, -0.2) is 19.2 Å². The molecule has 14 nitrogen and oxygen atoms in total. The molecule has 0 bridgehead atoms. The fraction of sp³-hybridized carbons (Fsp3) is 0.231. The lowest BCUT2D eigenvalue weighted by Gasteiger charge is -2.18. The van der Waals surface area contributed by atoms with Crippen molar-refractivity contribution in [1.29, 1.82) is 0 Å². The smallest absolute Gasteiger partial charge is 0.338 e. The fourth-order valence-corrected chi connectivity index (χ4v) is 9.03. The first-order valence-electron chi connectivity index (χ1n) is 25.5. The highest BCUT2D eigenvalue weighted by Gasteiger charge is 2.33. The molecule has 0 saturated carbocycles. The first-order valence-corrected chi connectivity index (χ1v) is 25.0. The van der Waals surface area contributed by atoms with Crippen molar-refractivity contribution in [3.63, 3.8) is 0 Å². The largest absolute Gasteiger partial charge is 0.508 e. The summed E-state index contributed by atoms with van der Waals surface area (Å²) in [6.07, 6.45) is 8.46. The van der Waals surface area contributed by atoms with Crippen LogP contribution in [0, 0.1) is 12.8 Å². The van der Waals surface area contributed by atoms with Crippen LogP contribution in [0.5, 0.6) is 34.5 Å². The Morgan fingerprint density at radius 3 is 1.39 bits per heavy atom. The average Bonchev–Trinajstić information content (AvgIpc) is 4.33. The molecule has 3 atom stereocenters. The summed E-state index contributed by atoms with van der Waals surface area (Å²) in [5.74, 6) is 0.288. The Bertz CT molecular complexity index is 3320. The molecule has 0 aromatic heterocycles. The molecule has 5 N–H and O–H groups in total. The van der Waals surface area contributed by atoms with Gasteiger partial charge >= 0.3 is 23.9 Å². The number of carboxylic acid groups (broad SMARTS) is 1. The monoisotopic (exact) mass is 1070 g/mol. The second-order valence-electron chi connectivity index (χ2n) is 18.8. The Balaban J connectivity index is 0.000000214. The molecule has 9 rings (SSSR count). The van der Waals surface area contributed by atoms with Crippen LogP contribution < -0.4 is 18.9 Å². The number of hydrogen-bond acceptors (Lipinski definition) is 13. The third-order valence-corrected chi connectivity index (χ3v) is 13.0. The number of phenols is 2. The molecule has 6 aromatic carbocycles. The van der Waals surface area contributed by atoms with Gasteiger partial charge in [-0.3, -0.25) is 0 Å². The number of aliphatic hydroxyl groups excluding tert-OH is 2. The highest BCUT2D eigenvalue weighted by atomic mass is 16.6. The third-order valence-electron chi connectivity index (χ3n) is 13.0. The summed E-state index contributed by atoms with van der Waals surface area (Å²) in [6, 6.07) is 33.1. The molecular formula is C65H66O14. The molecule has 3 unspecified atom stereocenters. The van der Waals surface area contributed by atoms with Crippen LogP contribution in [0.15, 0.2) is 158 Å². The number of carbonyl (C=O) groups is 4. The van der Waals surface area contributed by atoms with Gasteiger partial charge < -0.3 is 49.2 Å². The van der Waals surface area contributed by atoms with E-state index in [1.165, 1.54) is 24.5 Å². The maximum absolute atomic E-state index is 12.2. The van der Waals surface area contributed by atoms with Gasteiger partial charge in [0.2, 0.25) is 0 Å². The van der Waals surface area contributed by atoms with Crippen molar-refractivity contribution in [2.45, 2.75) is 84.5 Å². The first kappa shape index (κ1) is 59.1. The Hall–Kier alpha value is -9.16. The predicted molar refractivity (Wildman–Crippen MR) is 304 cm³/mol. The van der Waals surface area contributed by atoms with Gasteiger partial charge in [-0.05, 0) is 171 Å². The number of carboxylic acids is 1. The molecule has 14 heteroatoms. The van der Waals surface area contributed by atoms with Crippen molar-refractivity contribution in [2.24, 2.45) is 0 Å². The molecule has 3 aliphatic rings. The molecule has 0 fully saturated rings. The highest BCUT2D eigenvalue weighted by molar-refractivity contribution is 5.90. The summed E-state index contributed by atoms with van der Waals surface area (Å²) in [4.78, 5) is 45.7. The van der Waals surface area contributed by atoms with Gasteiger partial charge in [-0.15, -0.1) is 12.8 Å². The minimum Gasteiger partial charge on any atom is -0.508 e. The molecule has 79 heavy (non-hydrogen) atoms. The summed E-state index contributed by atoms with van der Waals surface area (Å²) < 4.78 is 32.7. The molecule has 3 aliphatic carbocycles. The zero-order valence-corrected chi connectivity index (χ0v) is 45.2. The van der Waals surface area contributed by atoms with Crippen molar-refractivity contribution in [2.75, 3.05) is 14.2 Å². The number of rotatable bonds is 12. The number of ether oxygens (including phenoxy) is 5. The lowest BCUT2D eigenvalue weighted by atomic mass is 9.96. The third kappa shape index (κ3) is 15.1. The van der Waals surface area contributed by atoms with Gasteiger partial charge in [0.25, 0.3) is 0 Å². The molecule has 410 valence electrons. The Morgan fingerprint density at radius 2 is 0.924 bits per heavy atom. The Morgan fingerprint density at radius 1 is 0.519 bits per heavy atom. The molecule has 0 saturated heterocycles. The number of esters is 3. The summed E-state index contributed by atoms with van der Waals surface area (Å²) in [5, 5.41) is 47.0. The molecular weight excluding hydrogens is 1000 g/mol. The fourth-order valence-electron chi connectivity index (χ4n) is 9.03. The van der Waals surface area contributed by atoms with E-state index in [1.54, 1.807) is 71.4 Å². The number of benzene rings is 6. The Kier molecular flexibility index (Phi) is 20.8. The van der Waals surface area contributed by atoms with Crippen LogP contribution in [0.1, 0.15) is 100 Å². The standard InChI is InChI=1S/C27H26O6.C17H18O3.C15H14O3.C4H6O2.C2H2/c1-15(2)25(28)31-19-9-7-18(8-10-19)20-11-13-22(32-26(29)16(3)4)24-21(20)12-14-23(24)33-27(30)17(5)6;1-19-12-5-3-11(4-6-12)13-8-10-16(20-2)17-14(13)7-9-15(17)18;16-10-3-1-9(2-4-10)11-5-7-13(17)15-12(11)6-8-14(15)18;1-3(2)4(5)6;1-2/h7-11,13,23H,1,3,5,12,14H2,2,4,6H3;3-6,8,10,15,18H,7,9H2,1-2H3;1-5,7,14,16-18H,6,8H2;1H2,2H3,(H,5,6);1-2H/i;;;;1D. The van der Waals surface area contributed by atoms with E-state index < -0.39 is 42.2 Å². The van der Waals surface area contributed by atoms with Gasteiger partial charge in [0, 0.05) is 39.0 Å². The minimum atomic E-state index is -0.935. The van der Waals surface area contributed by atoms with E-state index in [-0.39, 0.29) is 22.6 Å². The average molecular weight is 1070 g/mol. The molecule has 6 aromatic rings. The van der Waals surface area contributed by atoms with Crippen molar-refractivity contribution in [3.8, 4) is 80.7 Å². The van der Waals surface area contributed by atoms with E-state index in [1.807, 2.05) is 66.7 Å². The maximum Gasteiger partial charge on any atom is 0.338 e. The number of methoxy groups -OCH3 is 2. The van der Waals surface area contributed by atoms with Crippen molar-refractivity contribution in [3.05, 3.63) is 191 Å². The number of aromatic hydroxyl groups is 2. The summed E-state index contributed by atoms with van der Waals surface area (Å²) >= 11 is 0. The van der Waals surface area contributed by atoms with Gasteiger partial charge in [0.1, 0.15) is 42.0 Å². The van der Waals surface area contributed by atoms with E-state index in [4.69, 9.17) is 30.2 Å². The molecule has 0 spiro atoms. The van der Waals surface area contributed by atoms with Crippen LogP contribution in [0.2, 0.25) is 0 Å². The number of aliphatic hydroxyl groups is 2. The lowest BCUT2D eigenvalue weighted by molar-refractivity contribution is -0.144. The quantitative estimate of drug-likeness (QED) is 0.0334. The highest BCUT2D eigenvalue weighted by Crippen LogP contribution is 2.47. The number of aliphatic carboxylic acids is 1. The zero-order chi connectivity index (χ0) is 59.0. The van der Waals surface area contributed by atoms with E-state index in [9.17, 15) is 39.6 Å². The van der Waals surface area contributed by atoms with Crippen LogP contribution in [-0.4, -0.2) is 63.6 Å². The second-order valence-corrected chi connectivity index (χ2v) is 18.8. The predicted octanol–water partition coefficient (Wildman–Crippen LogP) is 12.4. The van der Waals surface area contributed by atoms with E-state index in [2.05, 4.69) is 38.8 Å². The van der Waals surface area contributed by atoms with Gasteiger partial charge in [-0.1, -0.05) is 80.9 Å². The van der Waals surface area contributed by atoms with Gasteiger partial charge in [-0.2, -0.15) is 0 Å². The first-order chi connectivity index (χ1) is 38.0. The summed E-state index contributed by atoms with van der Waals surface area (Å²) in [5.41, 5.74) is 12.5. The molecule has 0 heterocycles. The van der Waals surface area contributed by atoms with Crippen LogP contribution >= 0.6 is 0 Å². The molecule has 0 radical (unpaired) electrons. The Labute approximate surface area is 462 Å². The number of hydrogen-bond donors (Lipinski definition) is 5. The van der Waals surface area contributed by atoms with Gasteiger partial charge in [0.15, 0.2) is 0 Å². The van der Waals surface area contributed by atoms with Crippen LogP contribution in [-0.2, 0) is 43.2 Å².